The Morgan fingerprint density at radius 1 is 1.46 bits per heavy atom. The monoisotopic (exact) mass is 175 g/mol. The van der Waals surface area contributed by atoms with Crippen molar-refractivity contribution >= 4 is 0 Å². The molecule has 1 atom stereocenters. The molecule has 0 radical (unpaired) electrons. The van der Waals surface area contributed by atoms with E-state index in [1.54, 1.807) is 0 Å². The minimum atomic E-state index is 0.611. The molecule has 0 fully saturated rings. The quantitative estimate of drug-likeness (QED) is 0.728. The van der Waals surface area contributed by atoms with E-state index >= 15 is 0 Å². The fraction of sp³-hybridized carbons (Fsp3) is 0.500. The Kier molecular flexibility index (Phi) is 2.36. The molecule has 1 nitrogen and oxygen atoms in total. The van der Waals surface area contributed by atoms with Crippen molar-refractivity contribution in [2.24, 2.45) is 0 Å². The van der Waals surface area contributed by atoms with Crippen LogP contribution >= 0.6 is 0 Å². The third-order valence-electron chi connectivity index (χ3n) is 2.92. The van der Waals surface area contributed by atoms with Crippen molar-refractivity contribution in [3.05, 3.63) is 34.9 Å². The van der Waals surface area contributed by atoms with Gasteiger partial charge in [0.1, 0.15) is 0 Å². The van der Waals surface area contributed by atoms with Gasteiger partial charge in [-0.1, -0.05) is 31.5 Å². The summed E-state index contributed by atoms with van der Waals surface area (Å²) in [6.45, 7) is 5.51. The maximum Gasteiger partial charge on any atom is 0.0326 e. The Labute approximate surface area is 80.2 Å². The van der Waals surface area contributed by atoms with Crippen molar-refractivity contribution in [1.82, 2.24) is 5.32 Å². The zero-order valence-electron chi connectivity index (χ0n) is 8.43. The first-order chi connectivity index (χ1) is 6.33. The van der Waals surface area contributed by atoms with Crippen molar-refractivity contribution < 1.29 is 0 Å². The van der Waals surface area contributed by atoms with Gasteiger partial charge in [0.25, 0.3) is 0 Å². The van der Waals surface area contributed by atoms with Crippen molar-refractivity contribution in [1.29, 1.82) is 0 Å². The number of hydrogen-bond acceptors (Lipinski definition) is 1. The number of rotatable bonds is 2. The number of hydrogen-bond donors (Lipinski definition) is 1. The lowest BCUT2D eigenvalue weighted by Crippen LogP contribution is -2.11. The molecule has 13 heavy (non-hydrogen) atoms. The first-order valence-corrected chi connectivity index (χ1v) is 5.14. The zero-order chi connectivity index (χ0) is 9.26. The van der Waals surface area contributed by atoms with E-state index in [0.29, 0.717) is 6.04 Å². The Balaban J connectivity index is 2.32. The first kappa shape index (κ1) is 8.76. The van der Waals surface area contributed by atoms with Gasteiger partial charge < -0.3 is 5.32 Å². The third-order valence-corrected chi connectivity index (χ3v) is 2.92. The molecule has 1 heteroatoms. The number of aryl methyl sites for hydroxylation is 1. The van der Waals surface area contributed by atoms with Gasteiger partial charge in [-0.25, -0.2) is 0 Å². The van der Waals surface area contributed by atoms with Crippen molar-refractivity contribution in [2.45, 2.75) is 39.3 Å². The molecule has 1 aliphatic rings. The topological polar surface area (TPSA) is 12.0 Å². The summed E-state index contributed by atoms with van der Waals surface area (Å²) in [6.07, 6.45) is 2.52. The summed E-state index contributed by atoms with van der Waals surface area (Å²) in [5.74, 6) is 0. The van der Waals surface area contributed by atoms with Gasteiger partial charge in [-0.2, -0.15) is 0 Å². The van der Waals surface area contributed by atoms with Crippen LogP contribution in [-0.4, -0.2) is 0 Å². The molecule has 1 aromatic rings. The number of fused-ring (bicyclic) bond motifs is 1. The second kappa shape index (κ2) is 3.51. The molecule has 2 rings (SSSR count). The van der Waals surface area contributed by atoms with Gasteiger partial charge >= 0.3 is 0 Å². The number of benzene rings is 1. The molecule has 0 bridgehead atoms. The predicted molar refractivity (Wildman–Crippen MR) is 55.7 cm³/mol. The van der Waals surface area contributed by atoms with Gasteiger partial charge in [-0.05, 0) is 30.0 Å². The highest BCUT2D eigenvalue weighted by molar-refractivity contribution is 5.39. The molecular weight excluding hydrogens is 158 g/mol. The summed E-state index contributed by atoms with van der Waals surface area (Å²) in [5, 5.41) is 3.56. The summed E-state index contributed by atoms with van der Waals surface area (Å²) >= 11 is 0. The maximum atomic E-state index is 3.56. The minimum absolute atomic E-state index is 0.611. The van der Waals surface area contributed by atoms with E-state index in [9.17, 15) is 0 Å². The second-order valence-electron chi connectivity index (χ2n) is 3.86. The van der Waals surface area contributed by atoms with Crippen molar-refractivity contribution in [3.8, 4) is 0 Å². The molecule has 0 spiro atoms. The van der Waals surface area contributed by atoms with Crippen LogP contribution in [0.5, 0.6) is 0 Å². The molecule has 0 aliphatic carbocycles. The van der Waals surface area contributed by atoms with Crippen LogP contribution in [0.1, 0.15) is 42.5 Å². The molecule has 1 heterocycles. The molecule has 1 aromatic carbocycles. The third kappa shape index (κ3) is 1.49. The smallest absolute Gasteiger partial charge is 0.0326 e. The molecule has 1 aliphatic heterocycles. The van der Waals surface area contributed by atoms with Gasteiger partial charge in [-0.3, -0.25) is 0 Å². The number of nitrogens with one attached hydrogen (secondary N) is 1. The first-order valence-electron chi connectivity index (χ1n) is 5.14. The van der Waals surface area contributed by atoms with E-state index < -0.39 is 0 Å². The van der Waals surface area contributed by atoms with E-state index in [4.69, 9.17) is 0 Å². The highest BCUT2D eigenvalue weighted by atomic mass is 14.9. The lowest BCUT2D eigenvalue weighted by atomic mass is 9.98. The van der Waals surface area contributed by atoms with Crippen LogP contribution in [0.15, 0.2) is 18.2 Å². The average Bonchev–Trinajstić information content (AvgIpc) is 2.51. The largest absolute Gasteiger partial charge is 0.306 e. The van der Waals surface area contributed by atoms with E-state index in [1.165, 1.54) is 29.5 Å². The Bertz CT molecular complexity index is 304. The highest BCUT2D eigenvalue weighted by Gasteiger charge is 2.21. The summed E-state index contributed by atoms with van der Waals surface area (Å²) in [5.41, 5.74) is 4.49. The van der Waals surface area contributed by atoms with Crippen molar-refractivity contribution in [3.63, 3.8) is 0 Å². The van der Waals surface area contributed by atoms with Crippen LogP contribution in [0.2, 0.25) is 0 Å². The Morgan fingerprint density at radius 3 is 3.08 bits per heavy atom. The van der Waals surface area contributed by atoms with Gasteiger partial charge in [0.05, 0.1) is 0 Å². The van der Waals surface area contributed by atoms with E-state index in [2.05, 4.69) is 37.4 Å². The molecule has 1 N–H and O–H groups in total. The van der Waals surface area contributed by atoms with E-state index in [-0.39, 0.29) is 0 Å². The molecule has 0 amide bonds. The van der Waals surface area contributed by atoms with Crippen molar-refractivity contribution in [2.75, 3.05) is 0 Å². The molecule has 70 valence electrons. The lowest BCUT2D eigenvalue weighted by Gasteiger charge is -2.10. The Hall–Kier alpha value is -0.820. The SMILES string of the molecule is CCCC1NCc2c(C)cccc21. The summed E-state index contributed by atoms with van der Waals surface area (Å²) in [6, 6.07) is 7.25. The highest BCUT2D eigenvalue weighted by Crippen LogP contribution is 2.30. The fourth-order valence-electron chi connectivity index (χ4n) is 2.17. The van der Waals surface area contributed by atoms with E-state index in [1.807, 2.05) is 0 Å². The molecule has 0 saturated heterocycles. The summed E-state index contributed by atoms with van der Waals surface area (Å²) in [7, 11) is 0. The lowest BCUT2D eigenvalue weighted by molar-refractivity contribution is 0.535. The van der Waals surface area contributed by atoms with Gasteiger partial charge in [0.15, 0.2) is 0 Å². The predicted octanol–water partition coefficient (Wildman–Crippen LogP) is 2.94. The molecular formula is C12H17N. The normalized spacial score (nSPS) is 20.3. The maximum absolute atomic E-state index is 3.56. The standard InChI is InChI=1S/C12H17N/c1-3-5-12-10-7-4-6-9(2)11(10)8-13-12/h4,6-7,12-13H,3,5,8H2,1-2H3. The van der Waals surface area contributed by atoms with Gasteiger partial charge in [0, 0.05) is 12.6 Å². The van der Waals surface area contributed by atoms with Crippen LogP contribution in [0.4, 0.5) is 0 Å². The Morgan fingerprint density at radius 2 is 2.31 bits per heavy atom. The average molecular weight is 175 g/mol. The molecule has 1 unspecified atom stereocenters. The van der Waals surface area contributed by atoms with E-state index in [0.717, 1.165) is 6.54 Å². The van der Waals surface area contributed by atoms with Crippen LogP contribution in [-0.2, 0) is 6.54 Å². The summed E-state index contributed by atoms with van der Waals surface area (Å²) in [4.78, 5) is 0. The fourth-order valence-corrected chi connectivity index (χ4v) is 2.17. The zero-order valence-corrected chi connectivity index (χ0v) is 8.43. The molecule has 0 aromatic heterocycles. The molecule has 0 saturated carbocycles. The van der Waals surface area contributed by atoms with Crippen LogP contribution < -0.4 is 5.32 Å². The minimum Gasteiger partial charge on any atom is -0.306 e. The van der Waals surface area contributed by atoms with Crippen LogP contribution in [0.3, 0.4) is 0 Å². The van der Waals surface area contributed by atoms with Gasteiger partial charge in [-0.15, -0.1) is 0 Å². The van der Waals surface area contributed by atoms with Gasteiger partial charge in [0.2, 0.25) is 0 Å². The summed E-state index contributed by atoms with van der Waals surface area (Å²) < 4.78 is 0. The van der Waals surface area contributed by atoms with Crippen LogP contribution in [0, 0.1) is 6.92 Å². The van der Waals surface area contributed by atoms with Crippen LogP contribution in [0.25, 0.3) is 0 Å². The second-order valence-corrected chi connectivity index (χ2v) is 3.86.